The van der Waals surface area contributed by atoms with E-state index in [1.54, 1.807) is 0 Å². The highest BCUT2D eigenvalue weighted by atomic mass is 16.2. The van der Waals surface area contributed by atoms with Gasteiger partial charge in [-0.2, -0.15) is 0 Å². The van der Waals surface area contributed by atoms with Gasteiger partial charge in [0.25, 0.3) is 0 Å². The number of benzene rings is 2. The number of nitrogens with zero attached hydrogens (tertiary/aromatic N) is 2. The first-order valence-corrected chi connectivity index (χ1v) is 10.1. The van der Waals surface area contributed by atoms with E-state index in [1.807, 2.05) is 4.90 Å². The highest BCUT2D eigenvalue weighted by Crippen LogP contribution is 2.35. The standard InChI is InChI=1S/C24H28N2O/c1-3-25-17-22(20-8-4-5-9-23(20)25)21(19-12-10-18(2)11-13-19)16-24(27)26-14-6-7-15-26/h4-5,8-13,17,21H,3,6-7,14-16H2,1-2H3/t21-/m1/s1. The van der Waals surface area contributed by atoms with Gasteiger partial charge in [0, 0.05) is 49.1 Å². The van der Waals surface area contributed by atoms with Crippen LogP contribution in [-0.2, 0) is 11.3 Å². The van der Waals surface area contributed by atoms with Crippen molar-refractivity contribution in [3.63, 3.8) is 0 Å². The van der Waals surface area contributed by atoms with Gasteiger partial charge in [0.1, 0.15) is 0 Å². The Bertz CT molecular complexity index is 933. The first kappa shape index (κ1) is 17.8. The van der Waals surface area contributed by atoms with Crippen LogP contribution >= 0.6 is 0 Å². The van der Waals surface area contributed by atoms with Crippen molar-refractivity contribution >= 4 is 16.8 Å². The molecule has 27 heavy (non-hydrogen) atoms. The SMILES string of the molecule is CCn1cc([C@H](CC(=O)N2CCCC2)c2ccc(C)cc2)c2ccccc21. The summed E-state index contributed by atoms with van der Waals surface area (Å²) in [6.45, 7) is 7.04. The van der Waals surface area contributed by atoms with E-state index < -0.39 is 0 Å². The number of rotatable bonds is 5. The van der Waals surface area contributed by atoms with Gasteiger partial charge in [0.05, 0.1) is 0 Å². The first-order chi connectivity index (χ1) is 13.2. The number of aromatic nitrogens is 1. The summed E-state index contributed by atoms with van der Waals surface area (Å²) < 4.78 is 2.30. The molecule has 0 radical (unpaired) electrons. The molecular weight excluding hydrogens is 332 g/mol. The number of likely N-dealkylation sites (tertiary alicyclic amines) is 1. The summed E-state index contributed by atoms with van der Waals surface area (Å²) in [6.07, 6.45) is 5.07. The maximum absolute atomic E-state index is 13.0. The molecule has 0 bridgehead atoms. The molecular formula is C24H28N2O. The minimum Gasteiger partial charge on any atom is -0.347 e. The van der Waals surface area contributed by atoms with E-state index in [1.165, 1.54) is 27.6 Å². The minimum absolute atomic E-state index is 0.0939. The van der Waals surface area contributed by atoms with Crippen LogP contribution in [0.4, 0.5) is 0 Å². The molecule has 1 atom stereocenters. The molecule has 2 aromatic carbocycles. The maximum Gasteiger partial charge on any atom is 0.223 e. The third kappa shape index (κ3) is 3.51. The van der Waals surface area contributed by atoms with Crippen LogP contribution in [0.1, 0.15) is 48.8 Å². The van der Waals surface area contributed by atoms with E-state index in [0.717, 1.165) is 32.5 Å². The number of amides is 1. The average molecular weight is 361 g/mol. The summed E-state index contributed by atoms with van der Waals surface area (Å²) in [6, 6.07) is 17.2. The molecule has 140 valence electrons. The van der Waals surface area contributed by atoms with Gasteiger partial charge >= 0.3 is 0 Å². The fraction of sp³-hybridized carbons (Fsp3) is 0.375. The molecule has 0 unspecified atom stereocenters. The molecule has 1 aromatic heterocycles. The molecule has 1 saturated heterocycles. The molecule has 0 saturated carbocycles. The third-order valence-electron chi connectivity index (χ3n) is 5.85. The van der Waals surface area contributed by atoms with Crippen LogP contribution in [0.5, 0.6) is 0 Å². The second-order valence-electron chi connectivity index (χ2n) is 7.64. The van der Waals surface area contributed by atoms with Crippen molar-refractivity contribution in [1.29, 1.82) is 0 Å². The van der Waals surface area contributed by atoms with Gasteiger partial charge in [-0.15, -0.1) is 0 Å². The van der Waals surface area contributed by atoms with E-state index in [4.69, 9.17) is 0 Å². The quantitative estimate of drug-likeness (QED) is 0.620. The first-order valence-electron chi connectivity index (χ1n) is 10.1. The van der Waals surface area contributed by atoms with Gasteiger partial charge in [-0.05, 0) is 43.9 Å². The number of fused-ring (bicyclic) bond motifs is 1. The average Bonchev–Trinajstić information content (AvgIpc) is 3.35. The van der Waals surface area contributed by atoms with Crippen LogP contribution in [0.3, 0.4) is 0 Å². The zero-order valence-electron chi connectivity index (χ0n) is 16.3. The van der Waals surface area contributed by atoms with Crippen molar-refractivity contribution in [3.05, 3.63) is 71.4 Å². The maximum atomic E-state index is 13.0. The van der Waals surface area contributed by atoms with Crippen molar-refractivity contribution < 1.29 is 4.79 Å². The largest absolute Gasteiger partial charge is 0.347 e. The zero-order valence-corrected chi connectivity index (χ0v) is 16.3. The molecule has 1 amide bonds. The smallest absolute Gasteiger partial charge is 0.223 e. The zero-order chi connectivity index (χ0) is 18.8. The Morgan fingerprint density at radius 3 is 2.44 bits per heavy atom. The Morgan fingerprint density at radius 2 is 1.74 bits per heavy atom. The van der Waals surface area contributed by atoms with Gasteiger partial charge in [-0.25, -0.2) is 0 Å². The fourth-order valence-corrected chi connectivity index (χ4v) is 4.29. The van der Waals surface area contributed by atoms with E-state index in [2.05, 4.69) is 73.1 Å². The summed E-state index contributed by atoms with van der Waals surface area (Å²) in [5, 5.41) is 1.26. The second-order valence-corrected chi connectivity index (χ2v) is 7.64. The summed E-state index contributed by atoms with van der Waals surface area (Å²) >= 11 is 0. The van der Waals surface area contributed by atoms with Crippen molar-refractivity contribution in [2.75, 3.05) is 13.1 Å². The van der Waals surface area contributed by atoms with Crippen molar-refractivity contribution in [1.82, 2.24) is 9.47 Å². The van der Waals surface area contributed by atoms with E-state index in [9.17, 15) is 4.79 Å². The fourth-order valence-electron chi connectivity index (χ4n) is 4.29. The topological polar surface area (TPSA) is 25.2 Å². The Morgan fingerprint density at radius 1 is 1.04 bits per heavy atom. The lowest BCUT2D eigenvalue weighted by molar-refractivity contribution is -0.130. The van der Waals surface area contributed by atoms with Crippen LogP contribution in [0.25, 0.3) is 10.9 Å². The molecule has 1 aliphatic rings. The number of aryl methyl sites for hydroxylation is 2. The van der Waals surface area contributed by atoms with Crippen LogP contribution in [0.2, 0.25) is 0 Å². The van der Waals surface area contributed by atoms with Gasteiger partial charge in [0.2, 0.25) is 5.91 Å². The van der Waals surface area contributed by atoms with Gasteiger partial charge in [0.15, 0.2) is 0 Å². The molecule has 0 N–H and O–H groups in total. The monoisotopic (exact) mass is 360 g/mol. The number of carbonyl (C=O) groups is 1. The second kappa shape index (κ2) is 7.59. The molecule has 0 aliphatic carbocycles. The minimum atomic E-state index is 0.0939. The Labute approximate surface area is 161 Å². The van der Waals surface area contributed by atoms with Crippen LogP contribution < -0.4 is 0 Å². The summed E-state index contributed by atoms with van der Waals surface area (Å²) in [4.78, 5) is 15.0. The summed E-state index contributed by atoms with van der Waals surface area (Å²) in [5.74, 6) is 0.378. The van der Waals surface area contributed by atoms with E-state index in [-0.39, 0.29) is 11.8 Å². The van der Waals surface area contributed by atoms with Crippen molar-refractivity contribution in [2.45, 2.75) is 45.6 Å². The van der Waals surface area contributed by atoms with Crippen LogP contribution in [0.15, 0.2) is 54.7 Å². The molecule has 3 aromatic rings. The van der Waals surface area contributed by atoms with Gasteiger partial charge < -0.3 is 9.47 Å². The predicted molar refractivity (Wildman–Crippen MR) is 111 cm³/mol. The Kier molecular flexibility index (Phi) is 5.02. The van der Waals surface area contributed by atoms with E-state index in [0.29, 0.717) is 6.42 Å². The lowest BCUT2D eigenvalue weighted by Crippen LogP contribution is -2.29. The Hall–Kier alpha value is -2.55. The van der Waals surface area contributed by atoms with E-state index >= 15 is 0 Å². The molecule has 4 rings (SSSR count). The molecule has 1 fully saturated rings. The molecule has 2 heterocycles. The summed E-state index contributed by atoms with van der Waals surface area (Å²) in [5.41, 5.74) is 5.00. The number of para-hydroxylation sites is 1. The normalized spacial score (nSPS) is 15.4. The predicted octanol–water partition coefficient (Wildman–Crippen LogP) is 5.11. The third-order valence-corrected chi connectivity index (χ3v) is 5.85. The lowest BCUT2D eigenvalue weighted by Gasteiger charge is -2.21. The Balaban J connectivity index is 1.78. The van der Waals surface area contributed by atoms with Crippen molar-refractivity contribution in [3.8, 4) is 0 Å². The van der Waals surface area contributed by atoms with Gasteiger partial charge in [-0.1, -0.05) is 48.0 Å². The van der Waals surface area contributed by atoms with Crippen LogP contribution in [0, 0.1) is 6.92 Å². The molecule has 3 nitrogen and oxygen atoms in total. The molecule has 1 aliphatic heterocycles. The van der Waals surface area contributed by atoms with Gasteiger partial charge in [-0.3, -0.25) is 4.79 Å². The van der Waals surface area contributed by atoms with Crippen molar-refractivity contribution in [2.24, 2.45) is 0 Å². The lowest BCUT2D eigenvalue weighted by atomic mass is 9.87. The van der Waals surface area contributed by atoms with Crippen LogP contribution in [-0.4, -0.2) is 28.5 Å². The molecule has 0 spiro atoms. The highest BCUT2D eigenvalue weighted by Gasteiger charge is 2.26. The molecule has 3 heteroatoms. The number of hydrogen-bond acceptors (Lipinski definition) is 1. The highest BCUT2D eigenvalue weighted by molar-refractivity contribution is 5.86. The number of hydrogen-bond donors (Lipinski definition) is 0. The summed E-state index contributed by atoms with van der Waals surface area (Å²) in [7, 11) is 0. The number of carbonyl (C=O) groups excluding carboxylic acids is 1.